The van der Waals surface area contributed by atoms with E-state index in [0.29, 0.717) is 23.9 Å². The van der Waals surface area contributed by atoms with E-state index >= 15 is 0 Å². The van der Waals surface area contributed by atoms with Crippen LogP contribution in [0, 0.1) is 0 Å². The fourth-order valence-electron chi connectivity index (χ4n) is 2.22. The molecule has 0 unspecified atom stereocenters. The molecule has 5 nitrogen and oxygen atoms in total. The summed E-state index contributed by atoms with van der Waals surface area (Å²) >= 11 is 0. The summed E-state index contributed by atoms with van der Waals surface area (Å²) in [7, 11) is 1.52. The quantitative estimate of drug-likeness (QED) is 0.810. The second-order valence-electron chi connectivity index (χ2n) is 4.84. The average Bonchev–Trinajstić information content (AvgIpc) is 2.56. The van der Waals surface area contributed by atoms with Gasteiger partial charge in [-0.25, -0.2) is 4.79 Å². The Balaban J connectivity index is 2.21. The van der Waals surface area contributed by atoms with E-state index < -0.39 is 12.1 Å². The van der Waals surface area contributed by atoms with Crippen molar-refractivity contribution in [2.24, 2.45) is 0 Å². The van der Waals surface area contributed by atoms with Crippen molar-refractivity contribution < 1.29 is 24.1 Å². The molecule has 2 aromatic carbocycles. The normalized spacial score (nSPS) is 11.6. The molecule has 23 heavy (non-hydrogen) atoms. The highest BCUT2D eigenvalue weighted by Crippen LogP contribution is 2.28. The van der Waals surface area contributed by atoms with E-state index in [9.17, 15) is 9.90 Å². The molecule has 0 spiro atoms. The fourth-order valence-corrected chi connectivity index (χ4v) is 2.22. The number of ether oxygens (including phenoxy) is 3. The van der Waals surface area contributed by atoms with Gasteiger partial charge in [-0.2, -0.15) is 0 Å². The Labute approximate surface area is 135 Å². The first-order chi connectivity index (χ1) is 11.2. The van der Waals surface area contributed by atoms with Crippen LogP contribution in [0.5, 0.6) is 17.2 Å². The lowest BCUT2D eigenvalue weighted by Gasteiger charge is -2.18. The summed E-state index contributed by atoms with van der Waals surface area (Å²) in [6.07, 6.45) is -0.836. The van der Waals surface area contributed by atoms with Crippen LogP contribution in [0.25, 0.3) is 0 Å². The largest absolute Gasteiger partial charge is 0.494 e. The molecule has 0 radical (unpaired) electrons. The first-order valence-electron chi connectivity index (χ1n) is 7.39. The first-order valence-corrected chi connectivity index (χ1v) is 7.39. The Kier molecular flexibility index (Phi) is 5.86. The van der Waals surface area contributed by atoms with Crippen molar-refractivity contribution in [1.82, 2.24) is 0 Å². The van der Waals surface area contributed by atoms with Crippen molar-refractivity contribution in [2.75, 3.05) is 13.7 Å². The highest BCUT2D eigenvalue weighted by molar-refractivity contribution is 5.73. The van der Waals surface area contributed by atoms with E-state index in [1.54, 1.807) is 24.3 Å². The zero-order chi connectivity index (χ0) is 16.7. The molecule has 5 heteroatoms. The van der Waals surface area contributed by atoms with Crippen LogP contribution in [0.2, 0.25) is 0 Å². The Morgan fingerprint density at radius 2 is 1.65 bits per heavy atom. The molecule has 0 bridgehead atoms. The third-order valence-corrected chi connectivity index (χ3v) is 3.29. The predicted octanol–water partition coefficient (Wildman–Crippen LogP) is 3.17. The molecule has 0 aromatic heterocycles. The highest BCUT2D eigenvalue weighted by Gasteiger charge is 2.23. The number of para-hydroxylation sites is 3. The van der Waals surface area contributed by atoms with Gasteiger partial charge in [0.25, 0.3) is 0 Å². The minimum Gasteiger partial charge on any atom is -0.494 e. The molecule has 1 atom stereocenters. The molecular formula is C18H20O5. The molecule has 0 aliphatic heterocycles. The molecular weight excluding hydrogens is 296 g/mol. The highest BCUT2D eigenvalue weighted by atomic mass is 16.5. The number of carboxylic acids is 1. The van der Waals surface area contributed by atoms with Gasteiger partial charge >= 0.3 is 5.97 Å². The van der Waals surface area contributed by atoms with Crippen molar-refractivity contribution in [3.63, 3.8) is 0 Å². The molecule has 1 N–H and O–H groups in total. The zero-order valence-electron chi connectivity index (χ0n) is 13.2. The van der Waals surface area contributed by atoms with Gasteiger partial charge in [-0.3, -0.25) is 0 Å². The summed E-state index contributed by atoms with van der Waals surface area (Å²) in [6.45, 7) is 2.40. The smallest absolute Gasteiger partial charge is 0.345 e. The fraction of sp³-hybridized carbons (Fsp3) is 0.278. The van der Waals surface area contributed by atoms with Crippen LogP contribution in [-0.2, 0) is 11.2 Å². The maximum atomic E-state index is 11.6. The molecule has 0 fully saturated rings. The third kappa shape index (κ3) is 4.39. The summed E-state index contributed by atoms with van der Waals surface area (Å²) in [4.78, 5) is 11.6. The first kappa shape index (κ1) is 16.7. The van der Waals surface area contributed by atoms with Crippen LogP contribution in [0.4, 0.5) is 0 Å². The molecule has 0 saturated carbocycles. The number of benzene rings is 2. The van der Waals surface area contributed by atoms with Crippen LogP contribution in [0.1, 0.15) is 12.5 Å². The van der Waals surface area contributed by atoms with Gasteiger partial charge in [0.1, 0.15) is 5.75 Å². The van der Waals surface area contributed by atoms with Gasteiger partial charge in [-0.05, 0) is 30.7 Å². The SMILES string of the molecule is CCOc1ccccc1C[C@H](Oc1ccccc1OC)C(=O)O. The molecule has 0 heterocycles. The van der Waals surface area contributed by atoms with E-state index in [0.717, 1.165) is 5.56 Å². The van der Waals surface area contributed by atoms with E-state index in [2.05, 4.69) is 0 Å². The maximum absolute atomic E-state index is 11.6. The van der Waals surface area contributed by atoms with Crippen LogP contribution >= 0.6 is 0 Å². The summed E-state index contributed by atoms with van der Waals surface area (Å²) in [5, 5.41) is 9.47. The summed E-state index contributed by atoms with van der Waals surface area (Å²) in [6, 6.07) is 14.3. The van der Waals surface area contributed by atoms with E-state index in [1.165, 1.54) is 7.11 Å². The Morgan fingerprint density at radius 1 is 1.04 bits per heavy atom. The lowest BCUT2D eigenvalue weighted by atomic mass is 10.1. The zero-order valence-corrected chi connectivity index (χ0v) is 13.2. The number of hydrogen-bond donors (Lipinski definition) is 1. The van der Waals surface area contributed by atoms with Gasteiger partial charge in [-0.1, -0.05) is 30.3 Å². The van der Waals surface area contributed by atoms with Crippen molar-refractivity contribution in [2.45, 2.75) is 19.4 Å². The average molecular weight is 316 g/mol. The van der Waals surface area contributed by atoms with Crippen LogP contribution in [-0.4, -0.2) is 30.9 Å². The van der Waals surface area contributed by atoms with Gasteiger partial charge in [-0.15, -0.1) is 0 Å². The molecule has 2 rings (SSSR count). The molecule has 2 aromatic rings. The third-order valence-electron chi connectivity index (χ3n) is 3.29. The summed E-state index contributed by atoms with van der Waals surface area (Å²) < 4.78 is 16.4. The van der Waals surface area contributed by atoms with E-state index in [1.807, 2.05) is 31.2 Å². The van der Waals surface area contributed by atoms with Gasteiger partial charge in [0.15, 0.2) is 17.6 Å². The Bertz CT molecular complexity index is 653. The molecule has 0 saturated heterocycles. The number of hydrogen-bond acceptors (Lipinski definition) is 4. The molecule has 0 amide bonds. The standard InChI is InChI=1S/C18H20O5/c1-3-22-14-9-5-4-8-13(14)12-17(18(19)20)23-16-11-7-6-10-15(16)21-2/h4-11,17H,3,12H2,1-2H3,(H,19,20)/t17-/m0/s1. The second kappa shape index (κ2) is 8.08. The van der Waals surface area contributed by atoms with Crippen LogP contribution < -0.4 is 14.2 Å². The Hall–Kier alpha value is -2.69. The molecule has 0 aliphatic rings. The molecule has 0 aliphatic carbocycles. The minimum absolute atomic E-state index is 0.198. The van der Waals surface area contributed by atoms with Crippen LogP contribution in [0.3, 0.4) is 0 Å². The maximum Gasteiger partial charge on any atom is 0.345 e. The minimum atomic E-state index is -1.04. The summed E-state index contributed by atoms with van der Waals surface area (Å²) in [5.74, 6) is 0.528. The number of methoxy groups -OCH3 is 1. The van der Waals surface area contributed by atoms with Gasteiger partial charge in [0.2, 0.25) is 0 Å². The number of carboxylic acid groups (broad SMARTS) is 1. The van der Waals surface area contributed by atoms with Gasteiger partial charge < -0.3 is 19.3 Å². The van der Waals surface area contributed by atoms with Gasteiger partial charge in [0, 0.05) is 6.42 Å². The molecule has 122 valence electrons. The van der Waals surface area contributed by atoms with E-state index in [4.69, 9.17) is 14.2 Å². The van der Waals surface area contributed by atoms with Crippen molar-refractivity contribution in [1.29, 1.82) is 0 Å². The Morgan fingerprint density at radius 3 is 2.26 bits per heavy atom. The predicted molar refractivity (Wildman–Crippen MR) is 86.4 cm³/mol. The second-order valence-corrected chi connectivity index (χ2v) is 4.84. The lowest BCUT2D eigenvalue weighted by Crippen LogP contribution is -2.29. The number of carbonyl (C=O) groups is 1. The summed E-state index contributed by atoms with van der Waals surface area (Å²) in [5.41, 5.74) is 0.789. The number of aliphatic carboxylic acids is 1. The van der Waals surface area contributed by atoms with Crippen molar-refractivity contribution in [3.05, 3.63) is 54.1 Å². The van der Waals surface area contributed by atoms with E-state index in [-0.39, 0.29) is 6.42 Å². The number of rotatable bonds is 8. The monoisotopic (exact) mass is 316 g/mol. The van der Waals surface area contributed by atoms with Gasteiger partial charge in [0.05, 0.1) is 13.7 Å². The lowest BCUT2D eigenvalue weighted by molar-refractivity contribution is -0.145. The van der Waals surface area contributed by atoms with Crippen molar-refractivity contribution in [3.8, 4) is 17.2 Å². The topological polar surface area (TPSA) is 65.0 Å². The van der Waals surface area contributed by atoms with Crippen molar-refractivity contribution >= 4 is 5.97 Å². The van der Waals surface area contributed by atoms with Crippen LogP contribution in [0.15, 0.2) is 48.5 Å².